The zero-order chi connectivity index (χ0) is 22.2. The van der Waals surface area contributed by atoms with Crippen molar-refractivity contribution in [3.63, 3.8) is 0 Å². The molecule has 32 heavy (non-hydrogen) atoms. The minimum absolute atomic E-state index is 0. The van der Waals surface area contributed by atoms with E-state index in [0.717, 1.165) is 54.9 Å². The van der Waals surface area contributed by atoms with Crippen LogP contribution in [0.3, 0.4) is 0 Å². The number of nitrogens with one attached hydrogen (secondary N) is 2. The number of rotatable bonds is 7. The molecule has 2 unspecified atom stereocenters. The van der Waals surface area contributed by atoms with E-state index < -0.39 is 0 Å². The third kappa shape index (κ3) is 7.23. The van der Waals surface area contributed by atoms with E-state index in [-0.39, 0.29) is 36.1 Å². The molecule has 1 aromatic carbocycles. The smallest absolute Gasteiger partial charge is 0.192 e. The zero-order valence-electron chi connectivity index (χ0n) is 19.7. The van der Waals surface area contributed by atoms with Crippen molar-refractivity contribution in [3.8, 4) is 5.75 Å². The van der Waals surface area contributed by atoms with E-state index in [2.05, 4.69) is 66.4 Å². The summed E-state index contributed by atoms with van der Waals surface area (Å²) >= 11 is 0. The van der Waals surface area contributed by atoms with Gasteiger partial charge in [0.1, 0.15) is 11.6 Å². The van der Waals surface area contributed by atoms with Gasteiger partial charge in [-0.3, -0.25) is 0 Å². The molecule has 2 heterocycles. The Morgan fingerprint density at radius 3 is 2.88 bits per heavy atom. The average Bonchev–Trinajstić information content (AvgIpc) is 2.77. The highest BCUT2D eigenvalue weighted by Crippen LogP contribution is 2.26. The number of anilines is 1. The summed E-state index contributed by atoms with van der Waals surface area (Å²) < 4.78 is 11.2. The quantitative estimate of drug-likeness (QED) is 0.306. The molecule has 7 nitrogen and oxygen atoms in total. The van der Waals surface area contributed by atoms with Gasteiger partial charge in [0, 0.05) is 31.4 Å². The number of benzene rings is 1. The monoisotopic (exact) mass is 553 g/mol. The molecule has 3 rings (SSSR count). The molecule has 0 aliphatic carbocycles. The number of hydrogen-bond acceptors (Lipinski definition) is 5. The lowest BCUT2D eigenvalue weighted by molar-refractivity contribution is 0.0529. The van der Waals surface area contributed by atoms with Gasteiger partial charge in [0.2, 0.25) is 0 Å². The lowest BCUT2D eigenvalue weighted by atomic mass is 10.0. The molecule has 0 amide bonds. The van der Waals surface area contributed by atoms with Crippen molar-refractivity contribution in [2.45, 2.75) is 46.4 Å². The molecule has 8 heteroatoms. The molecule has 1 aliphatic heterocycles. The summed E-state index contributed by atoms with van der Waals surface area (Å²) in [5, 5.41) is 6.85. The van der Waals surface area contributed by atoms with Gasteiger partial charge >= 0.3 is 0 Å². The van der Waals surface area contributed by atoms with Gasteiger partial charge in [-0.05, 0) is 51.5 Å². The topological polar surface area (TPSA) is 71.0 Å². The van der Waals surface area contributed by atoms with Gasteiger partial charge in [0.15, 0.2) is 5.96 Å². The fourth-order valence-corrected chi connectivity index (χ4v) is 3.72. The van der Waals surface area contributed by atoms with Gasteiger partial charge in [0.25, 0.3) is 0 Å². The van der Waals surface area contributed by atoms with Crippen molar-refractivity contribution in [1.29, 1.82) is 0 Å². The first-order chi connectivity index (χ1) is 15.0. The predicted molar refractivity (Wildman–Crippen MR) is 141 cm³/mol. The maximum Gasteiger partial charge on any atom is 0.192 e. The molecular formula is C24H36IN5O2. The molecule has 1 aromatic heterocycles. The van der Waals surface area contributed by atoms with Crippen molar-refractivity contribution in [1.82, 2.24) is 15.6 Å². The summed E-state index contributed by atoms with van der Waals surface area (Å²) in [7, 11) is 1.70. The molecule has 176 valence electrons. The average molecular weight is 553 g/mol. The first kappa shape index (κ1) is 26.2. The Bertz CT molecular complexity index is 892. The van der Waals surface area contributed by atoms with E-state index in [0.29, 0.717) is 6.54 Å². The molecule has 1 aliphatic rings. The maximum absolute atomic E-state index is 5.65. The molecular weight excluding hydrogens is 517 g/mol. The first-order valence-electron chi connectivity index (χ1n) is 11.0. The van der Waals surface area contributed by atoms with Crippen LogP contribution in [0.5, 0.6) is 5.75 Å². The highest BCUT2D eigenvalue weighted by atomic mass is 127. The largest absolute Gasteiger partial charge is 0.496 e. The van der Waals surface area contributed by atoms with Crippen LogP contribution in [0.1, 0.15) is 43.5 Å². The Balaban J connectivity index is 0.00000363. The van der Waals surface area contributed by atoms with E-state index in [1.165, 1.54) is 5.56 Å². The van der Waals surface area contributed by atoms with Crippen LogP contribution >= 0.6 is 24.0 Å². The number of nitrogens with zero attached hydrogens (tertiary/aromatic N) is 3. The fourth-order valence-electron chi connectivity index (χ4n) is 3.72. The van der Waals surface area contributed by atoms with E-state index in [9.17, 15) is 0 Å². The van der Waals surface area contributed by atoms with Crippen LogP contribution in [0.2, 0.25) is 0 Å². The standard InChI is InChI=1S/C24H35N5O2.HI/c1-6-25-24(28-19(4)21-13-17(2)7-8-22(21)30-5)27-15-20-9-10-26-23(14-20)29-11-12-31-18(3)16-29;/h7-10,13-14,18-19H,6,11-12,15-16H2,1-5H3,(H2,25,27,28);1H. The fraction of sp³-hybridized carbons (Fsp3) is 0.500. The van der Waals surface area contributed by atoms with Crippen LogP contribution in [0.4, 0.5) is 5.82 Å². The molecule has 2 aromatic rings. The summed E-state index contributed by atoms with van der Waals surface area (Å²) in [6.07, 6.45) is 2.09. The molecule has 1 saturated heterocycles. The van der Waals surface area contributed by atoms with Gasteiger partial charge in [-0.2, -0.15) is 0 Å². The summed E-state index contributed by atoms with van der Waals surface area (Å²) in [6.45, 7) is 12.2. The number of aryl methyl sites for hydroxylation is 1. The molecule has 0 bridgehead atoms. The van der Waals surface area contributed by atoms with Crippen molar-refractivity contribution in [3.05, 3.63) is 53.2 Å². The predicted octanol–water partition coefficient (Wildman–Crippen LogP) is 4.06. The van der Waals surface area contributed by atoms with Crippen LogP contribution < -0.4 is 20.3 Å². The molecule has 2 N–H and O–H groups in total. The second kappa shape index (κ2) is 12.8. The Labute approximate surface area is 209 Å². The van der Waals surface area contributed by atoms with Crippen molar-refractivity contribution in [2.24, 2.45) is 4.99 Å². The van der Waals surface area contributed by atoms with Crippen LogP contribution in [0, 0.1) is 6.92 Å². The van der Waals surface area contributed by atoms with Crippen molar-refractivity contribution >= 4 is 35.8 Å². The van der Waals surface area contributed by atoms with Crippen LogP contribution in [0.25, 0.3) is 0 Å². The highest BCUT2D eigenvalue weighted by Gasteiger charge is 2.18. The highest BCUT2D eigenvalue weighted by molar-refractivity contribution is 14.0. The minimum atomic E-state index is 0. The molecule has 1 fully saturated rings. The number of morpholine rings is 1. The Morgan fingerprint density at radius 2 is 2.16 bits per heavy atom. The number of pyridine rings is 1. The second-order valence-electron chi connectivity index (χ2n) is 7.96. The number of hydrogen-bond donors (Lipinski definition) is 2. The summed E-state index contributed by atoms with van der Waals surface area (Å²) in [5.74, 6) is 2.63. The van der Waals surface area contributed by atoms with Crippen LogP contribution in [0.15, 0.2) is 41.5 Å². The molecule has 2 atom stereocenters. The van der Waals surface area contributed by atoms with E-state index in [1.807, 2.05) is 18.3 Å². The third-order valence-electron chi connectivity index (χ3n) is 5.34. The van der Waals surface area contributed by atoms with Crippen molar-refractivity contribution < 1.29 is 9.47 Å². The Morgan fingerprint density at radius 1 is 1.34 bits per heavy atom. The Hall–Kier alpha value is -2.07. The van der Waals surface area contributed by atoms with E-state index in [4.69, 9.17) is 14.5 Å². The first-order valence-corrected chi connectivity index (χ1v) is 11.0. The van der Waals surface area contributed by atoms with Gasteiger partial charge in [-0.1, -0.05) is 17.7 Å². The number of ether oxygens (including phenoxy) is 2. The van der Waals surface area contributed by atoms with Crippen LogP contribution in [-0.4, -0.2) is 50.4 Å². The van der Waals surface area contributed by atoms with Crippen molar-refractivity contribution in [2.75, 3.05) is 38.3 Å². The lowest BCUT2D eigenvalue weighted by Crippen LogP contribution is -2.41. The van der Waals surface area contributed by atoms with Gasteiger partial charge in [-0.25, -0.2) is 9.98 Å². The van der Waals surface area contributed by atoms with E-state index >= 15 is 0 Å². The number of aromatic nitrogens is 1. The zero-order valence-corrected chi connectivity index (χ0v) is 22.1. The van der Waals surface area contributed by atoms with E-state index in [1.54, 1.807) is 7.11 Å². The number of aliphatic imine (C=N–C) groups is 1. The lowest BCUT2D eigenvalue weighted by Gasteiger charge is -2.32. The SMILES string of the molecule is CCNC(=NCc1ccnc(N2CCOC(C)C2)c1)NC(C)c1cc(C)ccc1OC.I. The molecule has 0 saturated carbocycles. The summed E-state index contributed by atoms with van der Waals surface area (Å²) in [6, 6.07) is 10.4. The normalized spacial score (nSPS) is 17.3. The number of guanidine groups is 1. The van der Waals surface area contributed by atoms with Gasteiger partial charge < -0.3 is 25.0 Å². The van der Waals surface area contributed by atoms with Crippen LogP contribution in [-0.2, 0) is 11.3 Å². The number of methoxy groups -OCH3 is 1. The van der Waals surface area contributed by atoms with Gasteiger partial charge in [0.05, 0.1) is 32.4 Å². The maximum atomic E-state index is 5.65. The summed E-state index contributed by atoms with van der Waals surface area (Å²) in [5.41, 5.74) is 3.44. The van der Waals surface area contributed by atoms with Gasteiger partial charge in [-0.15, -0.1) is 24.0 Å². The molecule has 0 spiro atoms. The minimum Gasteiger partial charge on any atom is -0.496 e. The number of halogens is 1. The molecule has 0 radical (unpaired) electrons. The second-order valence-corrected chi connectivity index (χ2v) is 7.96. The summed E-state index contributed by atoms with van der Waals surface area (Å²) in [4.78, 5) is 11.6. The Kier molecular flexibility index (Phi) is 10.5. The third-order valence-corrected chi connectivity index (χ3v) is 5.34.